The van der Waals surface area contributed by atoms with Crippen LogP contribution in [-0.4, -0.2) is 125 Å². The summed E-state index contributed by atoms with van der Waals surface area (Å²) in [5.41, 5.74) is 12.3. The predicted molar refractivity (Wildman–Crippen MR) is 260 cm³/mol. The Morgan fingerprint density at radius 2 is 1.44 bits per heavy atom. The molecule has 7 amide bonds. The minimum Gasteiger partial charge on any atom is -0.480 e. The van der Waals surface area contributed by atoms with Crippen molar-refractivity contribution in [3.8, 4) is 0 Å². The van der Waals surface area contributed by atoms with Gasteiger partial charge in [-0.3, -0.25) is 38.6 Å². The van der Waals surface area contributed by atoms with E-state index in [9.17, 15) is 53.4 Å². The summed E-state index contributed by atoms with van der Waals surface area (Å²) >= 11 is 0. The van der Waals surface area contributed by atoms with Gasteiger partial charge >= 0.3 is 11.9 Å². The second-order valence-electron chi connectivity index (χ2n) is 17.9. The summed E-state index contributed by atoms with van der Waals surface area (Å²) in [5.74, 6) is -12.7. The fraction of sp³-hybridized carbons (Fsp3) is 0.542. The molecule has 22 nitrogen and oxygen atoms in total. The number of amides is 7. The highest BCUT2D eigenvalue weighted by Crippen LogP contribution is 2.19. The molecule has 10 atom stereocenters. The van der Waals surface area contributed by atoms with Crippen molar-refractivity contribution in [3.63, 3.8) is 0 Å². The number of carbonyl (C=O) groups excluding carboxylic acids is 7. The molecule has 0 radical (unpaired) electrons. The lowest BCUT2D eigenvalue weighted by Crippen LogP contribution is -2.59. The molecule has 2 rings (SSSR count). The van der Waals surface area contributed by atoms with Crippen LogP contribution >= 0.6 is 0 Å². The third kappa shape index (κ3) is 20.2. The van der Waals surface area contributed by atoms with Gasteiger partial charge < -0.3 is 63.6 Å². The fourth-order valence-corrected chi connectivity index (χ4v) is 7.28. The zero-order valence-electron chi connectivity index (χ0n) is 41.2. The van der Waals surface area contributed by atoms with E-state index in [1.165, 1.54) is 26.8 Å². The van der Waals surface area contributed by atoms with Gasteiger partial charge in [0, 0.05) is 26.0 Å². The molecule has 13 N–H and O–H groups in total. The van der Waals surface area contributed by atoms with Gasteiger partial charge in [0.2, 0.25) is 35.4 Å². The summed E-state index contributed by atoms with van der Waals surface area (Å²) in [6.07, 6.45) is 4.59. The van der Waals surface area contributed by atoms with Crippen LogP contribution in [0.2, 0.25) is 0 Å². The molecule has 0 aromatic heterocycles. The Bertz CT molecular complexity index is 2120. The highest BCUT2D eigenvalue weighted by atomic mass is 16.5. The molecule has 1 saturated heterocycles. The molecular formula is C48H72N10O12. The van der Waals surface area contributed by atoms with E-state index in [-0.39, 0.29) is 49.7 Å². The highest BCUT2D eigenvalue weighted by molar-refractivity contribution is 6.00. The van der Waals surface area contributed by atoms with Crippen LogP contribution < -0.4 is 48.7 Å². The molecule has 70 heavy (non-hydrogen) atoms. The number of rotatable bonds is 15. The number of ether oxygens (including phenoxy) is 1. The monoisotopic (exact) mass is 981 g/mol. The van der Waals surface area contributed by atoms with Crippen molar-refractivity contribution < 1.29 is 58.1 Å². The first kappa shape index (κ1) is 59.0. The number of nitrogens with one attached hydrogen (secondary N) is 7. The van der Waals surface area contributed by atoms with Crippen molar-refractivity contribution in [1.82, 2.24) is 37.2 Å². The number of allylic oxidation sites excluding steroid dienone is 2. The maximum Gasteiger partial charge on any atom is 0.327 e. The van der Waals surface area contributed by atoms with Crippen LogP contribution in [-0.2, 0) is 54.3 Å². The van der Waals surface area contributed by atoms with E-state index in [4.69, 9.17) is 16.2 Å². The van der Waals surface area contributed by atoms with Gasteiger partial charge in [-0.2, -0.15) is 0 Å². The molecule has 1 aromatic carbocycles. The molecule has 0 aliphatic carbocycles. The summed E-state index contributed by atoms with van der Waals surface area (Å²) in [4.78, 5) is 124. The Balaban J connectivity index is 2.70. The van der Waals surface area contributed by atoms with E-state index in [2.05, 4.69) is 48.8 Å². The number of benzene rings is 1. The lowest BCUT2D eigenvalue weighted by atomic mass is 9.94. The number of methoxy groups -OCH3 is 1. The molecule has 1 aliphatic heterocycles. The molecule has 0 saturated carbocycles. The molecule has 1 fully saturated rings. The van der Waals surface area contributed by atoms with Crippen LogP contribution in [0.1, 0.15) is 86.1 Å². The Morgan fingerprint density at radius 3 is 2.03 bits per heavy atom. The molecule has 22 heteroatoms. The first-order valence-electron chi connectivity index (χ1n) is 23.1. The summed E-state index contributed by atoms with van der Waals surface area (Å²) in [6.45, 7) is 14.7. The van der Waals surface area contributed by atoms with E-state index in [1.54, 1.807) is 34.0 Å². The van der Waals surface area contributed by atoms with E-state index in [0.717, 1.165) is 5.56 Å². The quantitative estimate of drug-likeness (QED) is 0.0370. The number of carbonyl (C=O) groups is 9. The molecular weight excluding hydrogens is 909 g/mol. The Kier molecular flexibility index (Phi) is 24.5. The summed E-state index contributed by atoms with van der Waals surface area (Å²) in [6, 6.07) is 0.990. The molecule has 386 valence electrons. The van der Waals surface area contributed by atoms with Gasteiger partial charge in [0.15, 0.2) is 5.96 Å². The first-order chi connectivity index (χ1) is 32.8. The minimum absolute atomic E-state index is 0.00493. The smallest absolute Gasteiger partial charge is 0.327 e. The van der Waals surface area contributed by atoms with Gasteiger partial charge in [-0.25, -0.2) is 9.59 Å². The largest absolute Gasteiger partial charge is 0.480 e. The average molecular weight is 981 g/mol. The fourth-order valence-electron chi connectivity index (χ4n) is 7.28. The van der Waals surface area contributed by atoms with Crippen molar-refractivity contribution in [2.24, 2.45) is 40.1 Å². The minimum atomic E-state index is -1.88. The highest BCUT2D eigenvalue weighted by Gasteiger charge is 2.37. The van der Waals surface area contributed by atoms with Gasteiger partial charge in [0.25, 0.3) is 5.91 Å². The molecule has 1 aliphatic rings. The third-order valence-electron chi connectivity index (χ3n) is 11.5. The van der Waals surface area contributed by atoms with Crippen molar-refractivity contribution >= 4 is 59.2 Å². The van der Waals surface area contributed by atoms with Crippen molar-refractivity contribution in [2.75, 3.05) is 13.7 Å². The lowest BCUT2D eigenvalue weighted by molar-refractivity contribution is -0.146. The summed E-state index contributed by atoms with van der Waals surface area (Å²) in [5, 5.41) is 37.5. The van der Waals surface area contributed by atoms with E-state index in [1.807, 2.05) is 43.3 Å². The number of aliphatic imine (C=N–C) groups is 1. The summed E-state index contributed by atoms with van der Waals surface area (Å²) < 4.78 is 5.81. The van der Waals surface area contributed by atoms with E-state index in [0.29, 0.717) is 12.0 Å². The van der Waals surface area contributed by atoms with Gasteiger partial charge in [0.1, 0.15) is 30.2 Å². The molecule has 0 spiro atoms. The number of hydrogen-bond acceptors (Lipinski definition) is 11. The normalized spacial score (nSPS) is 25.4. The van der Waals surface area contributed by atoms with Crippen LogP contribution in [0.15, 0.2) is 71.4 Å². The topological polar surface area (TPSA) is 352 Å². The van der Waals surface area contributed by atoms with E-state index < -0.39 is 120 Å². The molecule has 1 aromatic rings. The Hall–Kier alpha value is -7.10. The SMILES string of the molecule is C=C1NC(=O)CC[C@H](C(=O)O)NC(=O)C(C)C(/C=C/C(C)=C/[C@H](C)[C@H](Cc2ccccc2)OC)NC(=O)C(CCCN=C(N)N)NC(=O)[C@@H](C)C(C(=O)O)NC(=O)[C@H](CC(C)C)NC(=O)[C@@H](C)NC1=O. The number of nitrogens with zero attached hydrogens (tertiary/aromatic N) is 1. The maximum absolute atomic E-state index is 14.3. The van der Waals surface area contributed by atoms with Crippen LogP contribution in [0, 0.1) is 23.7 Å². The number of carboxylic acids is 2. The van der Waals surface area contributed by atoms with Crippen LogP contribution in [0.25, 0.3) is 0 Å². The van der Waals surface area contributed by atoms with Crippen molar-refractivity contribution in [3.05, 3.63) is 72.0 Å². The van der Waals surface area contributed by atoms with E-state index >= 15 is 0 Å². The van der Waals surface area contributed by atoms with Crippen molar-refractivity contribution in [2.45, 2.75) is 129 Å². The molecule has 1 heterocycles. The number of carboxylic acid groups (broad SMARTS) is 2. The van der Waals surface area contributed by atoms with Gasteiger partial charge in [-0.1, -0.05) is 95.3 Å². The second-order valence-corrected chi connectivity index (χ2v) is 17.9. The molecule has 0 bridgehead atoms. The van der Waals surface area contributed by atoms with Gasteiger partial charge in [-0.05, 0) is 57.4 Å². The van der Waals surface area contributed by atoms with Gasteiger partial charge in [-0.15, -0.1) is 0 Å². The Morgan fingerprint density at radius 1 is 0.829 bits per heavy atom. The second kappa shape index (κ2) is 29.0. The molecule has 4 unspecified atom stereocenters. The summed E-state index contributed by atoms with van der Waals surface area (Å²) in [7, 11) is 1.61. The first-order valence-corrected chi connectivity index (χ1v) is 23.1. The number of aliphatic carboxylic acids is 2. The lowest BCUT2D eigenvalue weighted by Gasteiger charge is -2.28. The van der Waals surface area contributed by atoms with Crippen LogP contribution in [0.4, 0.5) is 0 Å². The Labute approximate surface area is 408 Å². The van der Waals surface area contributed by atoms with Gasteiger partial charge in [0.05, 0.1) is 29.7 Å². The zero-order chi connectivity index (χ0) is 52.8. The maximum atomic E-state index is 14.3. The zero-order valence-corrected chi connectivity index (χ0v) is 41.2. The predicted octanol–water partition coefficient (Wildman–Crippen LogP) is 0.276. The standard InChI is InChI=1S/C48H72N10O12/c1-25(2)22-36-45(65)58-39(47(68)69)29(6)41(61)55-34(16-13-21-51-48(49)50)44(64)54-33(18-17-26(3)23-27(4)37(70-9)24-32-14-11-10-12-15-32)28(5)40(60)56-35(46(66)67)19-20-38(59)52-30(7)42(62)53-31(8)43(63)57-36/h10-12,14-15,17-18,23,25,27-29,31,33-37,39H,7,13,16,19-22,24H2,1-6,8-9H3,(H,52,59)(H,53,62)(H,54,64)(H,55,61)(H,56,60)(H,57,63)(H,58,65)(H,66,67)(H,68,69)(H4,49,50,51)/b18-17+,26-23+/t27-,28?,29-,31+,33?,34?,35+,36-,37-,39?/m0/s1. The number of nitrogens with two attached hydrogens (primary N) is 2. The van der Waals surface area contributed by atoms with Crippen molar-refractivity contribution in [1.29, 1.82) is 0 Å². The number of hydrogen-bond donors (Lipinski definition) is 11. The number of guanidine groups is 1. The van der Waals surface area contributed by atoms with Crippen LogP contribution in [0.3, 0.4) is 0 Å². The van der Waals surface area contributed by atoms with Crippen LogP contribution in [0.5, 0.6) is 0 Å². The average Bonchev–Trinajstić information content (AvgIpc) is 3.29. The third-order valence-corrected chi connectivity index (χ3v) is 11.5.